The van der Waals surface area contributed by atoms with Crippen molar-refractivity contribution in [3.63, 3.8) is 0 Å². The molecule has 0 saturated carbocycles. The number of halogens is 1. The van der Waals surface area contributed by atoms with Crippen molar-refractivity contribution in [3.8, 4) is 17.2 Å². The molecule has 0 fully saturated rings. The molecule has 1 aliphatic heterocycles. The monoisotopic (exact) mass is 518 g/mol. The zero-order valence-electron chi connectivity index (χ0n) is 18.4. The normalized spacial score (nSPS) is 12.5. The predicted octanol–water partition coefficient (Wildman–Crippen LogP) is 3.85. The molecule has 3 aromatic rings. The van der Waals surface area contributed by atoms with Crippen molar-refractivity contribution in [2.24, 2.45) is 0 Å². The zero-order chi connectivity index (χ0) is 25.3. The van der Waals surface area contributed by atoms with E-state index in [0.717, 1.165) is 4.31 Å². The second-order valence-electron chi connectivity index (χ2n) is 7.29. The second-order valence-corrected chi connectivity index (χ2v) is 9.55. The van der Waals surface area contributed by atoms with Gasteiger partial charge in [-0.1, -0.05) is 11.6 Å². The number of sulfonamides is 1. The van der Waals surface area contributed by atoms with E-state index in [1.54, 1.807) is 0 Å². The first kappa shape index (κ1) is 24.2. The fraction of sp³-hybridized carbons (Fsp3) is 0.130. The molecule has 3 aromatic carbocycles. The van der Waals surface area contributed by atoms with E-state index in [9.17, 15) is 18.0 Å². The van der Waals surface area contributed by atoms with Crippen LogP contribution in [0.1, 0.15) is 20.7 Å². The van der Waals surface area contributed by atoms with Crippen molar-refractivity contribution < 1.29 is 37.3 Å². The summed E-state index contributed by atoms with van der Waals surface area (Å²) in [6.07, 6.45) is 0. The second kappa shape index (κ2) is 9.35. The van der Waals surface area contributed by atoms with E-state index in [0.29, 0.717) is 5.69 Å². The van der Waals surface area contributed by atoms with Crippen LogP contribution < -0.4 is 23.8 Å². The lowest BCUT2D eigenvalue weighted by Gasteiger charge is -2.19. The Bertz CT molecular complexity index is 1420. The molecule has 2 N–H and O–H groups in total. The first-order valence-corrected chi connectivity index (χ1v) is 11.8. The van der Waals surface area contributed by atoms with Crippen LogP contribution >= 0.6 is 11.6 Å². The highest BCUT2D eigenvalue weighted by molar-refractivity contribution is 7.93. The van der Waals surface area contributed by atoms with Gasteiger partial charge in [0.25, 0.3) is 15.9 Å². The van der Waals surface area contributed by atoms with Crippen LogP contribution in [0.15, 0.2) is 59.5 Å². The quantitative estimate of drug-likeness (QED) is 0.482. The van der Waals surface area contributed by atoms with E-state index in [-0.39, 0.29) is 50.7 Å². The summed E-state index contributed by atoms with van der Waals surface area (Å²) in [5, 5.41) is 11.9. The van der Waals surface area contributed by atoms with Gasteiger partial charge < -0.3 is 24.6 Å². The summed E-state index contributed by atoms with van der Waals surface area (Å²) in [7, 11) is -1.50. The van der Waals surface area contributed by atoms with Crippen molar-refractivity contribution >= 4 is 44.9 Å². The molecule has 1 heterocycles. The largest absolute Gasteiger partial charge is 0.495 e. The van der Waals surface area contributed by atoms with Gasteiger partial charge in [-0.3, -0.25) is 4.79 Å². The molecule has 0 atom stereocenters. The first-order valence-electron chi connectivity index (χ1n) is 10.0. The van der Waals surface area contributed by atoms with Crippen LogP contribution in [0.5, 0.6) is 17.2 Å². The topological polar surface area (TPSA) is 131 Å². The number of fused-ring (bicyclic) bond motifs is 1. The molecule has 0 spiro atoms. The van der Waals surface area contributed by atoms with Crippen LogP contribution in [-0.2, 0) is 10.0 Å². The van der Waals surface area contributed by atoms with Gasteiger partial charge in [0.15, 0.2) is 18.2 Å². The van der Waals surface area contributed by atoms with Crippen LogP contribution in [0.3, 0.4) is 0 Å². The molecule has 4 rings (SSSR count). The molecule has 0 unspecified atom stereocenters. The summed E-state index contributed by atoms with van der Waals surface area (Å²) in [6, 6.07) is 12.6. The number of hydrogen-bond acceptors (Lipinski definition) is 7. The van der Waals surface area contributed by atoms with Gasteiger partial charge in [-0.2, -0.15) is 0 Å². The van der Waals surface area contributed by atoms with E-state index >= 15 is 0 Å². The smallest absolute Gasteiger partial charge is 0.335 e. The molecule has 0 aliphatic carbocycles. The molecule has 0 aromatic heterocycles. The van der Waals surface area contributed by atoms with Crippen molar-refractivity contribution in [2.75, 3.05) is 30.6 Å². The Morgan fingerprint density at radius 1 is 1.00 bits per heavy atom. The van der Waals surface area contributed by atoms with Crippen LogP contribution in [-0.4, -0.2) is 46.4 Å². The zero-order valence-corrected chi connectivity index (χ0v) is 20.0. The van der Waals surface area contributed by atoms with Crippen LogP contribution in [0.25, 0.3) is 0 Å². The van der Waals surface area contributed by atoms with Crippen molar-refractivity contribution in [1.29, 1.82) is 0 Å². The lowest BCUT2D eigenvalue weighted by molar-refractivity contribution is 0.0696. The lowest BCUT2D eigenvalue weighted by atomic mass is 10.1. The van der Waals surface area contributed by atoms with Crippen molar-refractivity contribution in [3.05, 3.63) is 70.7 Å². The Kier molecular flexibility index (Phi) is 6.46. The van der Waals surface area contributed by atoms with Gasteiger partial charge in [0.05, 0.1) is 19.8 Å². The molecule has 1 aliphatic rings. The van der Waals surface area contributed by atoms with Gasteiger partial charge in [0, 0.05) is 16.3 Å². The van der Waals surface area contributed by atoms with E-state index < -0.39 is 21.9 Å². The molecule has 0 radical (unpaired) electrons. The number of amides is 1. The predicted molar refractivity (Wildman–Crippen MR) is 128 cm³/mol. The number of anilines is 2. The summed E-state index contributed by atoms with van der Waals surface area (Å²) < 4.78 is 44.1. The van der Waals surface area contributed by atoms with E-state index in [2.05, 4.69) is 5.32 Å². The number of carbonyl (C=O) groups excluding carboxylic acids is 1. The molecule has 12 heteroatoms. The summed E-state index contributed by atoms with van der Waals surface area (Å²) >= 11 is 6.03. The van der Waals surface area contributed by atoms with Crippen molar-refractivity contribution in [1.82, 2.24) is 0 Å². The molecule has 0 saturated heterocycles. The van der Waals surface area contributed by atoms with Gasteiger partial charge >= 0.3 is 5.97 Å². The van der Waals surface area contributed by atoms with Crippen molar-refractivity contribution in [2.45, 2.75) is 4.90 Å². The molecule has 35 heavy (non-hydrogen) atoms. The van der Waals surface area contributed by atoms with Gasteiger partial charge in [-0.15, -0.1) is 0 Å². The lowest BCUT2D eigenvalue weighted by Crippen LogP contribution is -2.30. The maximum Gasteiger partial charge on any atom is 0.335 e. The molecular weight excluding hydrogens is 500 g/mol. The van der Waals surface area contributed by atoms with E-state index in [4.69, 9.17) is 30.9 Å². The number of carbonyl (C=O) groups is 2. The minimum Gasteiger partial charge on any atom is -0.495 e. The highest BCUT2D eigenvalue weighted by atomic mass is 35.5. The third-order valence-corrected chi connectivity index (χ3v) is 7.19. The number of benzene rings is 3. The fourth-order valence-electron chi connectivity index (χ4n) is 3.46. The van der Waals surface area contributed by atoms with Crippen LogP contribution in [0, 0.1) is 0 Å². The number of methoxy groups -OCH3 is 2. The highest BCUT2D eigenvalue weighted by Crippen LogP contribution is 2.46. The summed E-state index contributed by atoms with van der Waals surface area (Å²) in [5.74, 6) is -1.26. The third-order valence-electron chi connectivity index (χ3n) is 5.20. The highest BCUT2D eigenvalue weighted by Gasteiger charge is 2.37. The Morgan fingerprint density at radius 2 is 1.69 bits per heavy atom. The number of rotatable bonds is 7. The van der Waals surface area contributed by atoms with Gasteiger partial charge in [0.2, 0.25) is 0 Å². The number of nitrogens with zero attached hydrogens (tertiary/aromatic N) is 1. The Balaban J connectivity index is 1.72. The number of carboxylic acids is 1. The average Bonchev–Trinajstić information content (AvgIpc) is 3.28. The minimum atomic E-state index is -4.20. The number of ether oxygens (including phenoxy) is 3. The summed E-state index contributed by atoms with van der Waals surface area (Å²) in [5.41, 5.74) is 0.602. The Morgan fingerprint density at radius 3 is 2.31 bits per heavy atom. The molecule has 1 amide bonds. The van der Waals surface area contributed by atoms with Gasteiger partial charge in [-0.25, -0.2) is 17.5 Å². The number of aromatic carboxylic acids is 1. The maximum absolute atomic E-state index is 13.5. The Hall–Kier alpha value is -3.96. The molecular formula is C23H19ClN2O8S. The van der Waals surface area contributed by atoms with E-state index in [1.165, 1.54) is 68.8 Å². The summed E-state index contributed by atoms with van der Waals surface area (Å²) in [6.45, 7) is -0.356. The number of nitrogens with one attached hydrogen (secondary N) is 1. The number of carboxylic acid groups (broad SMARTS) is 1. The number of hydrogen-bond donors (Lipinski definition) is 2. The standard InChI is InChI=1S/C23H19ClN2O8S/c1-32-18-8-5-15(24)11-20(18)35(30,31)26-12-34-21-17(26)9-14(10-19(21)33-2)22(27)25-16-6-3-13(4-7-16)23(28)29/h3-11H,12H2,1-2H3,(H,25,27)(H,28,29). The average molecular weight is 519 g/mol. The summed E-state index contributed by atoms with van der Waals surface area (Å²) in [4.78, 5) is 23.8. The van der Waals surface area contributed by atoms with Gasteiger partial charge in [-0.05, 0) is 54.6 Å². The Labute approximate surface area is 205 Å². The molecule has 10 nitrogen and oxygen atoms in total. The SMILES string of the molecule is COc1ccc(Cl)cc1S(=O)(=O)N1COc2c(OC)cc(C(=O)Nc3ccc(C(=O)O)cc3)cc21. The fourth-order valence-corrected chi connectivity index (χ4v) is 5.20. The molecule has 0 bridgehead atoms. The van der Waals surface area contributed by atoms with Crippen LogP contribution in [0.4, 0.5) is 11.4 Å². The van der Waals surface area contributed by atoms with E-state index in [1.807, 2.05) is 0 Å². The first-order chi connectivity index (χ1) is 16.6. The van der Waals surface area contributed by atoms with Gasteiger partial charge in [0.1, 0.15) is 16.3 Å². The van der Waals surface area contributed by atoms with Crippen LogP contribution in [0.2, 0.25) is 5.02 Å². The minimum absolute atomic E-state index is 0.0663. The third kappa shape index (κ3) is 4.55. The maximum atomic E-state index is 13.5. The molecule has 182 valence electrons.